The van der Waals surface area contributed by atoms with Gasteiger partial charge in [-0.2, -0.15) is 0 Å². The molecule has 0 heterocycles. The van der Waals surface area contributed by atoms with Crippen molar-refractivity contribution in [2.45, 2.75) is 65.0 Å². The number of carbonyl (C=O) groups excluding carboxylic acids is 2. The fourth-order valence-corrected chi connectivity index (χ4v) is 4.24. The van der Waals surface area contributed by atoms with Crippen LogP contribution in [0.2, 0.25) is 0 Å². The van der Waals surface area contributed by atoms with Gasteiger partial charge in [-0.15, -0.1) is 0 Å². The predicted octanol–water partition coefficient (Wildman–Crippen LogP) is 5.43. The largest absolute Gasteiger partial charge is 0.354 e. The highest BCUT2D eigenvalue weighted by molar-refractivity contribution is 5.88. The van der Waals surface area contributed by atoms with Crippen molar-refractivity contribution in [3.63, 3.8) is 0 Å². The third kappa shape index (κ3) is 7.55. The summed E-state index contributed by atoms with van der Waals surface area (Å²) in [7, 11) is 0. The number of benzene rings is 2. The number of carbonyl (C=O) groups is 2. The van der Waals surface area contributed by atoms with E-state index in [4.69, 9.17) is 0 Å². The normalized spacial score (nSPS) is 14.5. The van der Waals surface area contributed by atoms with Gasteiger partial charge in [-0.1, -0.05) is 68.0 Å². The maximum atomic E-state index is 13.4. The third-order valence-electron chi connectivity index (χ3n) is 6.12. The number of hydrogen-bond acceptors (Lipinski definition) is 2. The molecule has 1 N–H and O–H groups in total. The van der Waals surface area contributed by atoms with Gasteiger partial charge in [0.25, 0.3) is 0 Å². The number of nitrogens with one attached hydrogen (secondary N) is 1. The predicted molar refractivity (Wildman–Crippen MR) is 130 cm³/mol. The van der Waals surface area contributed by atoms with Gasteiger partial charge in [0.1, 0.15) is 11.9 Å². The molecule has 0 unspecified atom stereocenters. The van der Waals surface area contributed by atoms with Crippen LogP contribution in [-0.4, -0.2) is 29.3 Å². The number of nitrogens with zero attached hydrogens (tertiary/aromatic N) is 1. The zero-order chi connectivity index (χ0) is 23.6. The lowest BCUT2D eigenvalue weighted by atomic mass is 9.97. The fourth-order valence-electron chi connectivity index (χ4n) is 4.24. The Kier molecular flexibility index (Phi) is 9.23. The van der Waals surface area contributed by atoms with Crippen molar-refractivity contribution in [1.29, 1.82) is 0 Å². The molecule has 2 aromatic carbocycles. The lowest BCUT2D eigenvalue weighted by molar-refractivity contribution is -0.143. The third-order valence-corrected chi connectivity index (χ3v) is 6.12. The van der Waals surface area contributed by atoms with Crippen molar-refractivity contribution >= 4 is 11.8 Å². The Morgan fingerprint density at radius 2 is 1.73 bits per heavy atom. The zero-order valence-electron chi connectivity index (χ0n) is 19.7. The number of rotatable bonds is 10. The minimum absolute atomic E-state index is 0.0922. The highest BCUT2D eigenvalue weighted by Crippen LogP contribution is 2.20. The summed E-state index contributed by atoms with van der Waals surface area (Å²) >= 11 is 0. The number of halogens is 1. The molecule has 0 saturated heterocycles. The molecule has 33 heavy (non-hydrogen) atoms. The van der Waals surface area contributed by atoms with E-state index < -0.39 is 6.04 Å². The summed E-state index contributed by atoms with van der Waals surface area (Å²) < 4.78 is 13.4. The van der Waals surface area contributed by atoms with Gasteiger partial charge >= 0.3 is 0 Å². The average Bonchev–Trinajstić information content (AvgIpc) is 2.83. The second kappa shape index (κ2) is 12.3. The number of hydrogen-bond donors (Lipinski definition) is 1. The molecule has 4 nitrogen and oxygen atoms in total. The van der Waals surface area contributed by atoms with E-state index in [0.29, 0.717) is 13.0 Å². The molecule has 2 aromatic rings. The van der Waals surface area contributed by atoms with Crippen LogP contribution in [-0.2, 0) is 22.6 Å². The molecule has 0 saturated carbocycles. The molecular formula is C28H35FN2O2. The molecule has 0 aromatic heterocycles. The van der Waals surface area contributed by atoms with E-state index in [-0.39, 0.29) is 30.1 Å². The summed E-state index contributed by atoms with van der Waals surface area (Å²) in [5.41, 5.74) is 3.19. The van der Waals surface area contributed by atoms with Crippen LogP contribution in [0.25, 0.3) is 0 Å². The lowest BCUT2D eigenvalue weighted by Gasteiger charge is -2.33. The second-order valence-corrected chi connectivity index (χ2v) is 9.10. The van der Waals surface area contributed by atoms with Crippen molar-refractivity contribution in [2.24, 2.45) is 5.92 Å². The molecule has 3 rings (SSSR count). The maximum absolute atomic E-state index is 13.4. The van der Waals surface area contributed by atoms with Crippen LogP contribution in [0.1, 0.15) is 57.1 Å². The molecule has 0 fully saturated rings. The Morgan fingerprint density at radius 3 is 2.36 bits per heavy atom. The topological polar surface area (TPSA) is 49.4 Å². The smallest absolute Gasteiger partial charge is 0.243 e. The van der Waals surface area contributed by atoms with Crippen molar-refractivity contribution in [2.75, 3.05) is 6.54 Å². The van der Waals surface area contributed by atoms with E-state index in [1.54, 1.807) is 17.0 Å². The first-order valence-corrected chi connectivity index (χ1v) is 12.0. The van der Waals surface area contributed by atoms with Gasteiger partial charge in [-0.05, 0) is 55.4 Å². The van der Waals surface area contributed by atoms with Crippen LogP contribution >= 0.6 is 0 Å². The molecule has 0 bridgehead atoms. The van der Waals surface area contributed by atoms with Gasteiger partial charge < -0.3 is 10.2 Å². The van der Waals surface area contributed by atoms with Gasteiger partial charge in [0.05, 0.1) is 0 Å². The van der Waals surface area contributed by atoms with E-state index in [1.807, 2.05) is 44.2 Å². The van der Waals surface area contributed by atoms with E-state index in [9.17, 15) is 14.0 Å². The van der Waals surface area contributed by atoms with Crippen molar-refractivity contribution in [3.8, 4) is 0 Å². The van der Waals surface area contributed by atoms with E-state index in [0.717, 1.165) is 30.4 Å². The number of amides is 2. The molecule has 0 radical (unpaired) electrons. The first-order chi connectivity index (χ1) is 15.9. The zero-order valence-corrected chi connectivity index (χ0v) is 19.7. The quantitative estimate of drug-likeness (QED) is 0.491. The summed E-state index contributed by atoms with van der Waals surface area (Å²) in [4.78, 5) is 28.3. The lowest BCUT2D eigenvalue weighted by Crippen LogP contribution is -2.51. The summed E-state index contributed by atoms with van der Waals surface area (Å²) in [5.74, 6) is -0.822. The molecule has 1 aliphatic carbocycles. The summed E-state index contributed by atoms with van der Waals surface area (Å²) in [6, 6.07) is 15.2. The summed E-state index contributed by atoms with van der Waals surface area (Å²) in [6.07, 6.45) is 8.24. The molecule has 1 atom stereocenters. The Bertz CT molecular complexity index is 938. The molecule has 0 spiro atoms. The van der Waals surface area contributed by atoms with Crippen LogP contribution < -0.4 is 5.32 Å². The van der Waals surface area contributed by atoms with Crippen LogP contribution in [0.3, 0.4) is 0 Å². The van der Waals surface area contributed by atoms with E-state index >= 15 is 0 Å². The van der Waals surface area contributed by atoms with Gasteiger partial charge in [0.2, 0.25) is 11.8 Å². The molecular weight excluding hydrogens is 415 g/mol. The summed E-state index contributed by atoms with van der Waals surface area (Å²) in [6.45, 7) is 4.50. The SMILES string of the molecule is CC(C)C(=O)N(Cc1ccc(F)cc1)[C@H](Cc1ccccc1)C(=O)NCCC1=CCCCC1. The van der Waals surface area contributed by atoms with Crippen LogP contribution in [0.5, 0.6) is 0 Å². The van der Waals surface area contributed by atoms with Gasteiger partial charge in [-0.3, -0.25) is 9.59 Å². The molecule has 5 heteroatoms. The summed E-state index contributed by atoms with van der Waals surface area (Å²) in [5, 5.41) is 3.09. The molecule has 2 amide bonds. The Morgan fingerprint density at radius 1 is 1.00 bits per heavy atom. The highest BCUT2D eigenvalue weighted by atomic mass is 19.1. The van der Waals surface area contributed by atoms with Crippen LogP contribution in [0, 0.1) is 11.7 Å². The standard InChI is InChI=1S/C28H35FN2O2/c1-21(2)28(33)31(20-24-13-15-25(29)16-14-24)26(19-23-11-7-4-8-12-23)27(32)30-18-17-22-9-5-3-6-10-22/h4,7-9,11-16,21,26H,3,5-6,10,17-20H2,1-2H3,(H,30,32)/t26-/m1/s1. The number of allylic oxidation sites excluding steroid dienone is 1. The minimum atomic E-state index is -0.646. The van der Waals surface area contributed by atoms with Crippen molar-refractivity contribution in [1.82, 2.24) is 10.2 Å². The first-order valence-electron chi connectivity index (χ1n) is 12.0. The molecule has 0 aliphatic heterocycles. The van der Waals surface area contributed by atoms with Gasteiger partial charge in [0, 0.05) is 25.4 Å². The second-order valence-electron chi connectivity index (χ2n) is 9.10. The van der Waals surface area contributed by atoms with Gasteiger partial charge in [0.15, 0.2) is 0 Å². The van der Waals surface area contributed by atoms with Crippen molar-refractivity contribution < 1.29 is 14.0 Å². The molecule has 176 valence electrons. The van der Waals surface area contributed by atoms with Crippen LogP contribution in [0.15, 0.2) is 66.2 Å². The Hall–Kier alpha value is -2.95. The average molecular weight is 451 g/mol. The maximum Gasteiger partial charge on any atom is 0.243 e. The highest BCUT2D eigenvalue weighted by Gasteiger charge is 2.31. The van der Waals surface area contributed by atoms with E-state index in [2.05, 4.69) is 11.4 Å². The first kappa shape index (κ1) is 24.7. The monoisotopic (exact) mass is 450 g/mol. The van der Waals surface area contributed by atoms with Crippen molar-refractivity contribution in [3.05, 3.63) is 83.2 Å². The minimum Gasteiger partial charge on any atom is -0.354 e. The van der Waals surface area contributed by atoms with Gasteiger partial charge in [-0.25, -0.2) is 4.39 Å². The van der Waals surface area contributed by atoms with Crippen LogP contribution in [0.4, 0.5) is 4.39 Å². The fraction of sp³-hybridized carbons (Fsp3) is 0.429. The Labute approximate surface area is 196 Å². The Balaban J connectivity index is 1.80. The molecule has 1 aliphatic rings. The van der Waals surface area contributed by atoms with E-state index in [1.165, 1.54) is 30.5 Å².